The van der Waals surface area contributed by atoms with E-state index in [1.165, 1.54) is 16.7 Å². The number of rotatable bonds is 7. The molecule has 1 unspecified atom stereocenters. The second-order valence-corrected chi connectivity index (χ2v) is 7.05. The molecule has 0 aromatic heterocycles. The van der Waals surface area contributed by atoms with E-state index in [9.17, 15) is 0 Å². The van der Waals surface area contributed by atoms with Gasteiger partial charge in [0.25, 0.3) is 0 Å². The summed E-state index contributed by atoms with van der Waals surface area (Å²) < 4.78 is 16.7. The Morgan fingerprint density at radius 2 is 1.93 bits per heavy atom. The zero-order valence-electron chi connectivity index (χ0n) is 18.0. The summed E-state index contributed by atoms with van der Waals surface area (Å²) in [6, 6.07) is 16.5. The molecule has 3 rings (SSSR count). The van der Waals surface area contributed by atoms with E-state index in [4.69, 9.17) is 14.2 Å². The molecule has 2 aromatic carbocycles. The van der Waals surface area contributed by atoms with Crippen molar-refractivity contribution in [2.45, 2.75) is 19.6 Å². The third-order valence-electron chi connectivity index (χ3n) is 5.04. The van der Waals surface area contributed by atoms with E-state index in [0.29, 0.717) is 26.4 Å². The average Bonchev–Trinajstić information content (AvgIpc) is 2.76. The molecular weight excluding hydrogens is 493 g/mol. The van der Waals surface area contributed by atoms with Gasteiger partial charge in [0, 0.05) is 27.2 Å². The Morgan fingerprint density at radius 1 is 1.17 bits per heavy atom. The average molecular weight is 525 g/mol. The number of benzene rings is 2. The van der Waals surface area contributed by atoms with Crippen LogP contribution in [0.4, 0.5) is 0 Å². The molecule has 1 saturated heterocycles. The number of aliphatic imine (C=N–C) groups is 1. The van der Waals surface area contributed by atoms with Gasteiger partial charge >= 0.3 is 0 Å². The first kappa shape index (κ1) is 24.4. The first-order valence-corrected chi connectivity index (χ1v) is 10.0. The van der Waals surface area contributed by atoms with Crippen LogP contribution in [0.25, 0.3) is 0 Å². The van der Waals surface area contributed by atoms with Crippen LogP contribution in [0.2, 0.25) is 0 Å². The summed E-state index contributed by atoms with van der Waals surface area (Å²) in [7, 11) is 3.50. The molecule has 0 bridgehead atoms. The fraction of sp³-hybridized carbons (Fsp3) is 0.435. The lowest BCUT2D eigenvalue weighted by Crippen LogP contribution is -2.48. The van der Waals surface area contributed by atoms with Crippen molar-refractivity contribution in [3.05, 3.63) is 65.2 Å². The Balaban J connectivity index is 0.00000320. The summed E-state index contributed by atoms with van der Waals surface area (Å²) >= 11 is 0. The van der Waals surface area contributed by atoms with Crippen LogP contribution in [0.3, 0.4) is 0 Å². The number of halogens is 1. The normalized spacial score (nSPS) is 16.7. The van der Waals surface area contributed by atoms with Gasteiger partial charge in [-0.3, -0.25) is 4.99 Å². The maximum Gasteiger partial charge on any atom is 0.194 e. The SMILES string of the molecule is CN=C(NCc1ccc(OCCOC)cc1)N1CCOC(c2ccccc2C)C1.I. The lowest BCUT2D eigenvalue weighted by Gasteiger charge is -2.35. The number of hydrogen-bond donors (Lipinski definition) is 1. The molecule has 0 spiro atoms. The number of nitrogens with one attached hydrogen (secondary N) is 1. The summed E-state index contributed by atoms with van der Waals surface area (Å²) in [5.74, 6) is 1.75. The molecule has 1 aliphatic heterocycles. The van der Waals surface area contributed by atoms with Crippen LogP contribution in [0, 0.1) is 6.92 Å². The molecule has 1 fully saturated rings. The number of methoxy groups -OCH3 is 1. The molecule has 30 heavy (non-hydrogen) atoms. The summed E-state index contributed by atoms with van der Waals surface area (Å²) in [6.07, 6.45) is 0.0621. The highest BCUT2D eigenvalue weighted by Crippen LogP contribution is 2.25. The largest absolute Gasteiger partial charge is 0.491 e. The Morgan fingerprint density at radius 3 is 2.63 bits per heavy atom. The van der Waals surface area contributed by atoms with Crippen molar-refractivity contribution in [2.24, 2.45) is 4.99 Å². The van der Waals surface area contributed by atoms with Crippen molar-refractivity contribution in [2.75, 3.05) is 47.1 Å². The first-order chi connectivity index (χ1) is 14.2. The molecule has 0 aliphatic carbocycles. The molecule has 7 heteroatoms. The predicted octanol–water partition coefficient (Wildman–Crippen LogP) is 3.79. The van der Waals surface area contributed by atoms with Crippen molar-refractivity contribution in [3.8, 4) is 5.75 Å². The summed E-state index contributed by atoms with van der Waals surface area (Å²) in [6.45, 7) is 6.28. The standard InChI is InChI=1S/C23H31N3O3.HI/c1-18-6-4-5-7-21(18)22-17-26(12-13-29-22)23(24-2)25-16-19-8-10-20(11-9-19)28-15-14-27-3;/h4-11,22H,12-17H2,1-3H3,(H,24,25);1H. The van der Waals surface area contributed by atoms with Gasteiger partial charge in [-0.15, -0.1) is 24.0 Å². The Labute approximate surface area is 196 Å². The second kappa shape index (κ2) is 12.8. The van der Waals surface area contributed by atoms with Crippen LogP contribution in [0.15, 0.2) is 53.5 Å². The van der Waals surface area contributed by atoms with E-state index in [1.807, 2.05) is 19.2 Å². The van der Waals surface area contributed by atoms with Crippen LogP contribution in [0.5, 0.6) is 5.75 Å². The molecule has 2 aromatic rings. The number of hydrogen-bond acceptors (Lipinski definition) is 4. The van der Waals surface area contributed by atoms with Gasteiger partial charge in [0.05, 0.1) is 19.8 Å². The summed E-state index contributed by atoms with van der Waals surface area (Å²) in [5, 5.41) is 3.47. The maximum absolute atomic E-state index is 6.04. The summed E-state index contributed by atoms with van der Waals surface area (Å²) in [5.41, 5.74) is 3.68. The molecule has 1 N–H and O–H groups in total. The Kier molecular flexibility index (Phi) is 10.4. The van der Waals surface area contributed by atoms with Crippen LogP contribution in [-0.2, 0) is 16.0 Å². The highest BCUT2D eigenvalue weighted by atomic mass is 127. The van der Waals surface area contributed by atoms with E-state index in [2.05, 4.69) is 58.5 Å². The lowest BCUT2D eigenvalue weighted by atomic mass is 10.0. The van der Waals surface area contributed by atoms with Gasteiger partial charge in [-0.1, -0.05) is 36.4 Å². The first-order valence-electron chi connectivity index (χ1n) is 10.0. The molecule has 1 aliphatic rings. The van der Waals surface area contributed by atoms with E-state index in [-0.39, 0.29) is 30.1 Å². The second-order valence-electron chi connectivity index (χ2n) is 7.05. The number of morpholine rings is 1. The van der Waals surface area contributed by atoms with Crippen molar-refractivity contribution in [1.82, 2.24) is 10.2 Å². The minimum atomic E-state index is 0. The third-order valence-corrected chi connectivity index (χ3v) is 5.04. The van der Waals surface area contributed by atoms with Gasteiger partial charge in [0.2, 0.25) is 0 Å². The van der Waals surface area contributed by atoms with Gasteiger partial charge < -0.3 is 24.4 Å². The monoisotopic (exact) mass is 525 g/mol. The minimum Gasteiger partial charge on any atom is -0.491 e. The predicted molar refractivity (Wildman–Crippen MR) is 131 cm³/mol. The quantitative estimate of drug-likeness (QED) is 0.258. The van der Waals surface area contributed by atoms with E-state index >= 15 is 0 Å². The minimum absolute atomic E-state index is 0. The van der Waals surface area contributed by atoms with Crippen molar-refractivity contribution in [1.29, 1.82) is 0 Å². The fourth-order valence-electron chi connectivity index (χ4n) is 3.44. The molecule has 0 radical (unpaired) electrons. The van der Waals surface area contributed by atoms with E-state index in [1.54, 1.807) is 7.11 Å². The van der Waals surface area contributed by atoms with Gasteiger partial charge in [0.1, 0.15) is 18.5 Å². The molecule has 1 heterocycles. The van der Waals surface area contributed by atoms with Gasteiger partial charge in [0.15, 0.2) is 5.96 Å². The molecule has 0 amide bonds. The molecule has 1 atom stereocenters. The van der Waals surface area contributed by atoms with Crippen molar-refractivity contribution < 1.29 is 14.2 Å². The van der Waals surface area contributed by atoms with E-state index < -0.39 is 0 Å². The molecular formula is C23H32IN3O3. The number of nitrogens with zero attached hydrogens (tertiary/aromatic N) is 2. The zero-order valence-corrected chi connectivity index (χ0v) is 20.3. The topological polar surface area (TPSA) is 55.3 Å². The number of ether oxygens (including phenoxy) is 3. The molecule has 6 nitrogen and oxygen atoms in total. The molecule has 0 saturated carbocycles. The smallest absolute Gasteiger partial charge is 0.194 e. The van der Waals surface area contributed by atoms with Crippen LogP contribution in [-0.4, -0.2) is 57.9 Å². The Hall–Kier alpha value is -1.84. The van der Waals surface area contributed by atoms with Crippen molar-refractivity contribution >= 4 is 29.9 Å². The van der Waals surface area contributed by atoms with Gasteiger partial charge in [-0.25, -0.2) is 0 Å². The van der Waals surface area contributed by atoms with Gasteiger partial charge in [-0.05, 0) is 35.7 Å². The number of aryl methyl sites for hydroxylation is 1. The van der Waals surface area contributed by atoms with Crippen LogP contribution < -0.4 is 10.1 Å². The highest BCUT2D eigenvalue weighted by Gasteiger charge is 2.25. The Bertz CT molecular complexity index is 799. The molecule has 164 valence electrons. The van der Waals surface area contributed by atoms with Crippen molar-refractivity contribution in [3.63, 3.8) is 0 Å². The zero-order chi connectivity index (χ0) is 20.5. The maximum atomic E-state index is 6.04. The highest BCUT2D eigenvalue weighted by molar-refractivity contribution is 14.0. The van der Waals surface area contributed by atoms with Crippen LogP contribution >= 0.6 is 24.0 Å². The van der Waals surface area contributed by atoms with Gasteiger partial charge in [-0.2, -0.15) is 0 Å². The summed E-state index contributed by atoms with van der Waals surface area (Å²) in [4.78, 5) is 6.75. The van der Waals surface area contributed by atoms with Crippen LogP contribution in [0.1, 0.15) is 22.8 Å². The van der Waals surface area contributed by atoms with E-state index in [0.717, 1.165) is 24.8 Å². The lowest BCUT2D eigenvalue weighted by molar-refractivity contribution is -0.00833. The third kappa shape index (κ3) is 6.85. The number of guanidine groups is 1. The fourth-order valence-corrected chi connectivity index (χ4v) is 3.44.